The Hall–Kier alpha value is -1.56. The van der Waals surface area contributed by atoms with E-state index in [4.69, 9.17) is 4.42 Å². The molecule has 0 radical (unpaired) electrons. The van der Waals surface area contributed by atoms with Crippen molar-refractivity contribution >= 4 is 37.5 Å². The fourth-order valence-corrected chi connectivity index (χ4v) is 1.64. The summed E-state index contributed by atoms with van der Waals surface area (Å²) in [6.07, 6.45) is 0. The quantitative estimate of drug-likeness (QED) is 0.595. The molecule has 0 saturated carbocycles. The van der Waals surface area contributed by atoms with Crippen molar-refractivity contribution in [3.05, 3.63) is 28.7 Å². The molecular weight excluding hydrogens is 276 g/mol. The Morgan fingerprint density at radius 3 is 2.81 bits per heavy atom. The van der Waals surface area contributed by atoms with Gasteiger partial charge in [0.15, 0.2) is 5.58 Å². The molecule has 16 heavy (non-hydrogen) atoms. The van der Waals surface area contributed by atoms with Crippen molar-refractivity contribution in [3.8, 4) is 0 Å². The van der Waals surface area contributed by atoms with Gasteiger partial charge in [0, 0.05) is 41.8 Å². The smallest absolute Gasteiger partial charge is 0.408 e. The van der Waals surface area contributed by atoms with Gasteiger partial charge in [-0.3, -0.25) is 9.36 Å². The number of hydrogen-bond acceptors (Lipinski definition) is 3. The summed E-state index contributed by atoms with van der Waals surface area (Å²) in [6.45, 7) is 0. The van der Waals surface area contributed by atoms with E-state index in [-0.39, 0.29) is 4.82 Å². The van der Waals surface area contributed by atoms with Crippen molar-refractivity contribution in [1.29, 1.82) is 0 Å². The third-order valence-electron chi connectivity index (χ3n) is 2.43. The van der Waals surface area contributed by atoms with Crippen LogP contribution in [0.2, 0.25) is 0 Å². The molecule has 0 N–H and O–H groups in total. The third-order valence-corrected chi connectivity index (χ3v) is 2.96. The molecule has 6 heteroatoms. The first-order valence-corrected chi connectivity index (χ1v) is 5.33. The monoisotopic (exact) mass is 284 g/mol. The molecule has 1 aromatic carbocycles. The lowest BCUT2D eigenvalue weighted by atomic mass is 10.2. The van der Waals surface area contributed by atoms with Crippen LogP contribution >= 0.6 is 15.9 Å². The van der Waals surface area contributed by atoms with Crippen molar-refractivity contribution < 1.29 is 9.21 Å². The van der Waals surface area contributed by atoms with E-state index in [1.54, 1.807) is 32.3 Å². The largest absolute Gasteiger partial charge is 0.419 e. The number of hydrogen-bond donors (Lipinski definition) is 0. The summed E-state index contributed by atoms with van der Waals surface area (Å²) in [5.41, 5.74) is 1.82. The predicted octanol–water partition coefficient (Wildman–Crippen LogP) is 2.08. The Bertz CT molecular complexity index is 614. The molecule has 0 fully saturated rings. The maximum absolute atomic E-state index is 11.3. The van der Waals surface area contributed by atoms with E-state index in [0.717, 1.165) is 0 Å². The van der Waals surface area contributed by atoms with Crippen LogP contribution in [0.4, 0.5) is 10.5 Å². The number of aryl methyl sites for hydroxylation is 1. The molecule has 2 aromatic rings. The highest BCUT2D eigenvalue weighted by Gasteiger charge is 2.11. The van der Waals surface area contributed by atoms with Gasteiger partial charge in [-0.1, -0.05) is 0 Å². The molecule has 1 amide bonds. The minimum absolute atomic E-state index is 0.259. The van der Waals surface area contributed by atoms with Gasteiger partial charge in [-0.15, -0.1) is 0 Å². The SMILES string of the molecule is CN(C(=O)Br)c1ccc2c(c1)oc(=O)n2C. The number of nitrogens with zero attached hydrogens (tertiary/aromatic N) is 2. The summed E-state index contributed by atoms with van der Waals surface area (Å²) in [7, 11) is 3.26. The highest BCUT2D eigenvalue weighted by Crippen LogP contribution is 2.21. The van der Waals surface area contributed by atoms with Gasteiger partial charge in [0.1, 0.15) is 0 Å². The molecule has 0 aliphatic rings. The van der Waals surface area contributed by atoms with Crippen LogP contribution in [0.3, 0.4) is 0 Å². The normalized spacial score (nSPS) is 10.7. The molecule has 0 bridgehead atoms. The number of aromatic nitrogens is 1. The second kappa shape index (κ2) is 3.79. The molecule has 84 valence electrons. The van der Waals surface area contributed by atoms with Gasteiger partial charge in [0.2, 0.25) is 0 Å². The van der Waals surface area contributed by atoms with E-state index < -0.39 is 5.76 Å². The molecule has 0 aliphatic heterocycles. The lowest BCUT2D eigenvalue weighted by molar-refractivity contribution is 0.267. The number of rotatable bonds is 1. The Labute approximate surface area is 99.4 Å². The fourth-order valence-electron chi connectivity index (χ4n) is 1.43. The van der Waals surface area contributed by atoms with E-state index >= 15 is 0 Å². The van der Waals surface area contributed by atoms with Gasteiger partial charge in [0.25, 0.3) is 4.82 Å². The zero-order chi connectivity index (χ0) is 11.9. The molecule has 0 unspecified atom stereocenters. The van der Waals surface area contributed by atoms with Gasteiger partial charge >= 0.3 is 5.76 Å². The molecule has 2 rings (SSSR count). The number of carbonyl (C=O) groups excluding carboxylic acids is 1. The number of benzene rings is 1. The highest BCUT2D eigenvalue weighted by atomic mass is 79.9. The van der Waals surface area contributed by atoms with Crippen LogP contribution in [-0.4, -0.2) is 16.4 Å². The van der Waals surface area contributed by atoms with Crippen molar-refractivity contribution in [2.24, 2.45) is 7.05 Å². The number of anilines is 1. The van der Waals surface area contributed by atoms with Crippen LogP contribution < -0.4 is 10.7 Å². The Morgan fingerprint density at radius 1 is 1.50 bits per heavy atom. The van der Waals surface area contributed by atoms with Gasteiger partial charge in [-0.05, 0) is 12.1 Å². The third kappa shape index (κ3) is 1.65. The number of carbonyl (C=O) groups is 1. The summed E-state index contributed by atoms with van der Waals surface area (Å²) >= 11 is 2.85. The van der Waals surface area contributed by atoms with E-state index in [1.807, 2.05) is 0 Å². The molecule has 1 aromatic heterocycles. The first-order chi connectivity index (χ1) is 7.50. The van der Waals surface area contributed by atoms with Crippen LogP contribution in [0.15, 0.2) is 27.4 Å². The lowest BCUT2D eigenvalue weighted by Gasteiger charge is -2.12. The standard InChI is InChI=1S/C10H9BrN2O3/c1-12(9(11)14)6-3-4-7-8(5-6)16-10(15)13(7)2/h3-5H,1-2H3. The number of fused-ring (bicyclic) bond motifs is 1. The lowest BCUT2D eigenvalue weighted by Crippen LogP contribution is -2.18. The van der Waals surface area contributed by atoms with Gasteiger partial charge < -0.3 is 9.32 Å². The Kier molecular flexibility index (Phi) is 2.59. The van der Waals surface area contributed by atoms with Crippen LogP contribution in [-0.2, 0) is 7.05 Å². The average Bonchev–Trinajstić information content (AvgIpc) is 2.53. The molecule has 0 aliphatic carbocycles. The van der Waals surface area contributed by atoms with E-state index in [1.165, 1.54) is 9.47 Å². The van der Waals surface area contributed by atoms with Crippen LogP contribution in [0.1, 0.15) is 0 Å². The maximum atomic E-state index is 11.3. The van der Waals surface area contributed by atoms with Gasteiger partial charge in [-0.25, -0.2) is 4.79 Å². The minimum Gasteiger partial charge on any atom is -0.408 e. The van der Waals surface area contributed by atoms with Crippen LogP contribution in [0, 0.1) is 0 Å². The summed E-state index contributed by atoms with van der Waals surface area (Å²) in [4.78, 5) is 23.5. The Balaban J connectivity index is 2.61. The topological polar surface area (TPSA) is 55.5 Å². The van der Waals surface area contributed by atoms with Crippen molar-refractivity contribution in [2.75, 3.05) is 11.9 Å². The fraction of sp³-hybridized carbons (Fsp3) is 0.200. The first kappa shape index (κ1) is 10.9. The van der Waals surface area contributed by atoms with E-state index in [2.05, 4.69) is 15.9 Å². The second-order valence-electron chi connectivity index (χ2n) is 3.39. The summed E-state index contributed by atoms with van der Waals surface area (Å²) in [6, 6.07) is 5.13. The molecule has 0 atom stereocenters. The summed E-state index contributed by atoms with van der Waals surface area (Å²) < 4.78 is 6.44. The van der Waals surface area contributed by atoms with Crippen molar-refractivity contribution in [2.45, 2.75) is 0 Å². The minimum atomic E-state index is -0.417. The number of oxazole rings is 1. The molecule has 5 nitrogen and oxygen atoms in total. The summed E-state index contributed by atoms with van der Waals surface area (Å²) in [5, 5.41) is 0. The van der Waals surface area contributed by atoms with Gasteiger partial charge in [-0.2, -0.15) is 0 Å². The highest BCUT2D eigenvalue weighted by molar-refractivity contribution is 9.18. The van der Waals surface area contributed by atoms with Crippen LogP contribution in [0.25, 0.3) is 11.1 Å². The molecule has 1 heterocycles. The van der Waals surface area contributed by atoms with Gasteiger partial charge in [0.05, 0.1) is 5.52 Å². The first-order valence-electron chi connectivity index (χ1n) is 4.53. The number of amides is 1. The van der Waals surface area contributed by atoms with E-state index in [9.17, 15) is 9.59 Å². The average molecular weight is 285 g/mol. The summed E-state index contributed by atoms with van der Waals surface area (Å²) in [5.74, 6) is -0.417. The molecular formula is C10H9BrN2O3. The molecule has 0 spiro atoms. The zero-order valence-electron chi connectivity index (χ0n) is 8.73. The predicted molar refractivity (Wildman–Crippen MR) is 64.2 cm³/mol. The van der Waals surface area contributed by atoms with Crippen molar-refractivity contribution in [1.82, 2.24) is 4.57 Å². The second-order valence-corrected chi connectivity index (χ2v) is 4.07. The van der Waals surface area contributed by atoms with Crippen molar-refractivity contribution in [3.63, 3.8) is 0 Å². The van der Waals surface area contributed by atoms with Crippen LogP contribution in [0.5, 0.6) is 0 Å². The maximum Gasteiger partial charge on any atom is 0.419 e. The van der Waals surface area contributed by atoms with E-state index in [0.29, 0.717) is 16.8 Å². The Morgan fingerprint density at radius 2 is 2.19 bits per heavy atom. The molecule has 0 saturated heterocycles. The number of halogens is 1. The zero-order valence-corrected chi connectivity index (χ0v) is 10.3.